The molecule has 0 fully saturated rings. The summed E-state index contributed by atoms with van der Waals surface area (Å²) in [6.45, 7) is 4.31. The first-order valence-electron chi connectivity index (χ1n) is 10.7. The fraction of sp³-hybridized carbons (Fsp3) is 0.154. The normalized spacial score (nSPS) is 10.8. The van der Waals surface area contributed by atoms with Crippen molar-refractivity contribution < 1.29 is 18.9 Å². The molecule has 1 aromatic heterocycles. The van der Waals surface area contributed by atoms with E-state index in [9.17, 15) is 24.1 Å². The summed E-state index contributed by atoms with van der Waals surface area (Å²) in [4.78, 5) is 40.3. The van der Waals surface area contributed by atoms with Gasteiger partial charge in [-0.2, -0.15) is 0 Å². The van der Waals surface area contributed by atoms with Crippen LogP contribution in [0.25, 0.3) is 6.08 Å². The Morgan fingerprint density at radius 1 is 1.03 bits per heavy atom. The summed E-state index contributed by atoms with van der Waals surface area (Å²) in [7, 11) is 0. The third-order valence-corrected chi connectivity index (χ3v) is 5.94. The van der Waals surface area contributed by atoms with Crippen LogP contribution < -0.4 is 0 Å². The first kappa shape index (κ1) is 25.5. The highest BCUT2D eigenvalue weighted by molar-refractivity contribution is 7.09. The fourth-order valence-corrected chi connectivity index (χ4v) is 3.98. The van der Waals surface area contributed by atoms with Crippen molar-refractivity contribution in [2.45, 2.75) is 13.1 Å². The number of hydrogen-bond donors (Lipinski definition) is 0. The molecule has 0 bridgehead atoms. The third-order valence-electron chi connectivity index (χ3n) is 5.08. The Labute approximate surface area is 206 Å². The Hall–Kier alpha value is -4.11. The van der Waals surface area contributed by atoms with Crippen molar-refractivity contribution in [3.05, 3.63) is 117 Å². The summed E-state index contributed by atoms with van der Waals surface area (Å²) in [6, 6.07) is 15.6. The van der Waals surface area contributed by atoms with Gasteiger partial charge in [0, 0.05) is 36.2 Å². The minimum Gasteiger partial charge on any atom is -0.332 e. The molecule has 9 heteroatoms. The molecule has 3 aromatic rings. The lowest BCUT2D eigenvalue weighted by Gasteiger charge is -2.26. The third kappa shape index (κ3) is 7.72. The van der Waals surface area contributed by atoms with Gasteiger partial charge in [-0.15, -0.1) is 17.9 Å². The van der Waals surface area contributed by atoms with E-state index < -0.39 is 10.8 Å². The largest absolute Gasteiger partial charge is 0.332 e. The van der Waals surface area contributed by atoms with Crippen molar-refractivity contribution in [2.75, 3.05) is 13.1 Å². The van der Waals surface area contributed by atoms with Crippen molar-refractivity contribution >= 4 is 34.9 Å². The topological polar surface area (TPSA) is 83.8 Å². The number of nitro groups is 1. The van der Waals surface area contributed by atoms with Crippen molar-refractivity contribution in [3.8, 4) is 0 Å². The first-order chi connectivity index (χ1) is 16.9. The predicted molar refractivity (Wildman–Crippen MR) is 134 cm³/mol. The molecule has 0 aliphatic carbocycles. The zero-order valence-electron chi connectivity index (χ0n) is 18.9. The number of rotatable bonds is 11. The lowest BCUT2D eigenvalue weighted by atomic mass is 10.2. The number of benzene rings is 2. The minimum absolute atomic E-state index is 0.0423. The monoisotopic (exact) mass is 493 g/mol. The second kappa shape index (κ2) is 12.4. The highest BCUT2D eigenvalue weighted by Gasteiger charge is 2.20. The summed E-state index contributed by atoms with van der Waals surface area (Å²) in [5.74, 6) is -1.01. The molecular weight excluding hydrogens is 469 g/mol. The van der Waals surface area contributed by atoms with Crippen molar-refractivity contribution in [1.82, 2.24) is 9.80 Å². The number of carbonyl (C=O) groups excluding carboxylic acids is 2. The van der Waals surface area contributed by atoms with Crippen LogP contribution >= 0.6 is 11.3 Å². The van der Waals surface area contributed by atoms with Crippen LogP contribution in [0.2, 0.25) is 0 Å². The van der Waals surface area contributed by atoms with E-state index in [1.54, 1.807) is 17.0 Å². The SMILES string of the molecule is C=CCN(CC(=O)N(Cc1ccc(F)cc1)Cc1cccs1)C(=O)/C=C/c1ccc([N+](=O)[O-])cc1. The average molecular weight is 494 g/mol. The molecule has 1 heterocycles. The highest BCUT2D eigenvalue weighted by Crippen LogP contribution is 2.16. The highest BCUT2D eigenvalue weighted by atomic mass is 32.1. The molecule has 0 N–H and O–H groups in total. The van der Waals surface area contributed by atoms with Crippen molar-refractivity contribution in [3.63, 3.8) is 0 Å². The van der Waals surface area contributed by atoms with Gasteiger partial charge in [0.2, 0.25) is 11.8 Å². The van der Waals surface area contributed by atoms with E-state index in [1.807, 2.05) is 17.5 Å². The van der Waals surface area contributed by atoms with Gasteiger partial charge >= 0.3 is 0 Å². The number of halogens is 1. The van der Waals surface area contributed by atoms with Gasteiger partial charge in [0.25, 0.3) is 5.69 Å². The van der Waals surface area contributed by atoms with E-state index in [0.717, 1.165) is 10.4 Å². The molecule has 0 aliphatic heterocycles. The Balaban J connectivity index is 1.72. The average Bonchev–Trinajstić information content (AvgIpc) is 3.36. The summed E-state index contributed by atoms with van der Waals surface area (Å²) in [5, 5.41) is 12.7. The Morgan fingerprint density at radius 3 is 2.34 bits per heavy atom. The van der Waals surface area contributed by atoms with Gasteiger partial charge < -0.3 is 9.80 Å². The molecule has 0 radical (unpaired) electrons. The molecule has 0 atom stereocenters. The Kier molecular flexibility index (Phi) is 9.02. The standard InChI is InChI=1S/C26H24FN3O4S/c1-2-15-28(25(31)14-9-20-7-12-23(13-8-20)30(33)34)19-26(32)29(18-24-4-3-16-35-24)17-21-5-10-22(27)11-6-21/h2-14,16H,1,15,17-19H2/b14-9+. The minimum atomic E-state index is -0.496. The van der Waals surface area contributed by atoms with Crippen LogP contribution in [-0.2, 0) is 22.7 Å². The maximum Gasteiger partial charge on any atom is 0.269 e. The molecule has 0 unspecified atom stereocenters. The second-order valence-corrected chi connectivity index (χ2v) is 8.68. The molecule has 2 aromatic carbocycles. The number of thiophene rings is 1. The fourth-order valence-electron chi connectivity index (χ4n) is 3.26. The zero-order chi connectivity index (χ0) is 25.2. The molecule has 2 amide bonds. The molecule has 180 valence electrons. The summed E-state index contributed by atoms with van der Waals surface area (Å²) in [5.41, 5.74) is 1.35. The number of non-ortho nitro benzene ring substituents is 1. The van der Waals surface area contributed by atoms with E-state index in [1.165, 1.54) is 70.9 Å². The Bertz CT molecular complexity index is 1190. The van der Waals surface area contributed by atoms with Gasteiger partial charge in [0.05, 0.1) is 11.5 Å². The molecule has 0 saturated carbocycles. The number of carbonyl (C=O) groups is 2. The molecule has 35 heavy (non-hydrogen) atoms. The van der Waals surface area contributed by atoms with E-state index >= 15 is 0 Å². The number of nitro benzene ring substituents is 1. The smallest absolute Gasteiger partial charge is 0.269 e. The first-order valence-corrected chi connectivity index (χ1v) is 11.6. The predicted octanol–water partition coefficient (Wildman–Crippen LogP) is 5.05. The van der Waals surface area contributed by atoms with Crippen LogP contribution in [0.3, 0.4) is 0 Å². The van der Waals surface area contributed by atoms with Crippen LogP contribution in [0.5, 0.6) is 0 Å². The zero-order valence-corrected chi connectivity index (χ0v) is 19.7. The van der Waals surface area contributed by atoms with Gasteiger partial charge in [-0.1, -0.05) is 24.3 Å². The van der Waals surface area contributed by atoms with E-state index in [-0.39, 0.29) is 37.0 Å². The number of hydrogen-bond acceptors (Lipinski definition) is 5. The summed E-state index contributed by atoms with van der Waals surface area (Å²) >= 11 is 1.52. The van der Waals surface area contributed by atoms with E-state index in [2.05, 4.69) is 6.58 Å². The number of nitrogens with zero attached hydrogens (tertiary/aromatic N) is 3. The molecule has 7 nitrogen and oxygen atoms in total. The van der Waals surface area contributed by atoms with E-state index in [0.29, 0.717) is 12.1 Å². The van der Waals surface area contributed by atoms with Crippen LogP contribution in [0.1, 0.15) is 16.0 Å². The molecule has 3 rings (SSSR count). The van der Waals surface area contributed by atoms with Crippen LogP contribution in [0, 0.1) is 15.9 Å². The summed E-state index contributed by atoms with van der Waals surface area (Å²) in [6.07, 6.45) is 4.39. The van der Waals surface area contributed by atoms with Gasteiger partial charge in [0.15, 0.2) is 0 Å². The molecule has 0 aliphatic rings. The molecule has 0 spiro atoms. The maximum absolute atomic E-state index is 13.3. The van der Waals surface area contributed by atoms with Crippen LogP contribution in [0.15, 0.2) is 84.8 Å². The lowest BCUT2D eigenvalue weighted by Crippen LogP contribution is -2.42. The summed E-state index contributed by atoms with van der Waals surface area (Å²) < 4.78 is 13.3. The van der Waals surface area contributed by atoms with E-state index in [4.69, 9.17) is 0 Å². The van der Waals surface area contributed by atoms with Gasteiger partial charge in [-0.25, -0.2) is 4.39 Å². The quantitative estimate of drug-likeness (QED) is 0.162. The van der Waals surface area contributed by atoms with Crippen molar-refractivity contribution in [1.29, 1.82) is 0 Å². The number of amides is 2. The van der Waals surface area contributed by atoms with Gasteiger partial charge in [0.1, 0.15) is 12.4 Å². The lowest BCUT2D eigenvalue weighted by molar-refractivity contribution is -0.384. The molecular formula is C26H24FN3O4S. The van der Waals surface area contributed by atoms with Crippen molar-refractivity contribution in [2.24, 2.45) is 0 Å². The van der Waals surface area contributed by atoms with Crippen LogP contribution in [-0.4, -0.2) is 39.6 Å². The molecule has 0 saturated heterocycles. The Morgan fingerprint density at radius 2 is 1.74 bits per heavy atom. The van der Waals surface area contributed by atoms with Crippen LogP contribution in [0.4, 0.5) is 10.1 Å². The maximum atomic E-state index is 13.3. The van der Waals surface area contributed by atoms with Gasteiger partial charge in [-0.3, -0.25) is 19.7 Å². The second-order valence-electron chi connectivity index (χ2n) is 7.65. The van der Waals surface area contributed by atoms with Gasteiger partial charge in [-0.05, 0) is 52.9 Å².